The minimum Gasteiger partial charge on any atom is -0.354 e. The molecule has 1 aliphatic carbocycles. The van der Waals surface area contributed by atoms with E-state index >= 15 is 0 Å². The summed E-state index contributed by atoms with van der Waals surface area (Å²) in [5, 5.41) is 6.75. The lowest BCUT2D eigenvalue weighted by atomic mass is 9.67. The van der Waals surface area contributed by atoms with Crippen molar-refractivity contribution in [2.45, 2.75) is 38.6 Å². The van der Waals surface area contributed by atoms with Gasteiger partial charge >= 0.3 is 0 Å². The first-order valence-electron chi connectivity index (χ1n) is 9.25. The number of benzene rings is 1. The fourth-order valence-electron chi connectivity index (χ4n) is 4.44. The maximum Gasteiger partial charge on any atom is 0.227 e. The summed E-state index contributed by atoms with van der Waals surface area (Å²) in [4.78, 5) is 15.2. The second kappa shape index (κ2) is 7.24. The van der Waals surface area contributed by atoms with Gasteiger partial charge in [-0.2, -0.15) is 0 Å². The first kappa shape index (κ1) is 17.4. The lowest BCUT2D eigenvalue weighted by molar-refractivity contribution is -0.134. The van der Waals surface area contributed by atoms with Crippen LogP contribution in [0.2, 0.25) is 0 Å². The van der Waals surface area contributed by atoms with Crippen LogP contribution < -0.4 is 10.6 Å². The molecule has 4 heteroatoms. The van der Waals surface area contributed by atoms with Crippen LogP contribution in [0.1, 0.15) is 42.9 Å². The van der Waals surface area contributed by atoms with Crippen molar-refractivity contribution in [1.29, 1.82) is 0 Å². The van der Waals surface area contributed by atoms with E-state index < -0.39 is 0 Å². The number of rotatable bonds is 5. The first-order chi connectivity index (χ1) is 11.5. The molecule has 24 heavy (non-hydrogen) atoms. The monoisotopic (exact) mass is 329 g/mol. The molecule has 1 saturated carbocycles. The summed E-state index contributed by atoms with van der Waals surface area (Å²) in [6.45, 7) is 4.62. The molecular weight excluding hydrogens is 298 g/mol. The summed E-state index contributed by atoms with van der Waals surface area (Å²) in [7, 11) is 4.16. The Bertz CT molecular complexity index is 569. The highest BCUT2D eigenvalue weighted by molar-refractivity contribution is 5.84. The van der Waals surface area contributed by atoms with Gasteiger partial charge in [0.2, 0.25) is 5.91 Å². The van der Waals surface area contributed by atoms with Crippen molar-refractivity contribution in [3.05, 3.63) is 35.4 Å². The maximum absolute atomic E-state index is 13.0. The van der Waals surface area contributed by atoms with Gasteiger partial charge in [-0.3, -0.25) is 4.79 Å². The lowest BCUT2D eigenvalue weighted by Crippen LogP contribution is -2.49. The van der Waals surface area contributed by atoms with Crippen LogP contribution in [0.15, 0.2) is 24.3 Å². The van der Waals surface area contributed by atoms with Crippen LogP contribution in [-0.2, 0) is 4.79 Å². The summed E-state index contributed by atoms with van der Waals surface area (Å²) >= 11 is 0. The molecule has 1 aromatic rings. The third-order valence-corrected chi connectivity index (χ3v) is 6.03. The lowest BCUT2D eigenvalue weighted by Gasteiger charge is -2.37. The Labute approximate surface area is 146 Å². The van der Waals surface area contributed by atoms with Crippen LogP contribution in [0.5, 0.6) is 0 Å². The van der Waals surface area contributed by atoms with E-state index in [1.165, 1.54) is 30.4 Å². The van der Waals surface area contributed by atoms with Gasteiger partial charge in [-0.25, -0.2) is 0 Å². The van der Waals surface area contributed by atoms with Gasteiger partial charge in [0, 0.05) is 13.1 Å². The second-order valence-corrected chi connectivity index (χ2v) is 7.83. The molecule has 0 radical (unpaired) electrons. The second-order valence-electron chi connectivity index (χ2n) is 7.83. The molecule has 0 aromatic heterocycles. The summed E-state index contributed by atoms with van der Waals surface area (Å²) in [6, 6.07) is 8.84. The Balaban J connectivity index is 1.68. The Morgan fingerprint density at radius 2 is 2.08 bits per heavy atom. The molecule has 2 fully saturated rings. The number of nitrogens with zero attached hydrogens (tertiary/aromatic N) is 1. The van der Waals surface area contributed by atoms with Crippen LogP contribution in [0, 0.1) is 18.3 Å². The van der Waals surface area contributed by atoms with Crippen molar-refractivity contribution < 1.29 is 4.79 Å². The van der Waals surface area contributed by atoms with Gasteiger partial charge in [0.15, 0.2) is 0 Å². The Hall–Kier alpha value is -1.39. The fourth-order valence-corrected chi connectivity index (χ4v) is 4.44. The Morgan fingerprint density at radius 1 is 1.33 bits per heavy atom. The Kier molecular flexibility index (Phi) is 5.26. The number of likely N-dealkylation sites (N-methyl/N-ethyl adjacent to an activating group) is 1. The quantitative estimate of drug-likeness (QED) is 0.872. The van der Waals surface area contributed by atoms with E-state index in [2.05, 4.69) is 60.8 Å². The van der Waals surface area contributed by atoms with Crippen molar-refractivity contribution in [3.63, 3.8) is 0 Å². The van der Waals surface area contributed by atoms with Crippen molar-refractivity contribution in [2.75, 3.05) is 33.7 Å². The van der Waals surface area contributed by atoms with E-state index in [0.29, 0.717) is 12.5 Å². The fraction of sp³-hybridized carbons (Fsp3) is 0.650. The van der Waals surface area contributed by atoms with E-state index in [-0.39, 0.29) is 17.4 Å². The van der Waals surface area contributed by atoms with Gasteiger partial charge in [-0.1, -0.05) is 42.7 Å². The average Bonchev–Trinajstić information content (AvgIpc) is 3.01. The Morgan fingerprint density at radius 3 is 2.79 bits per heavy atom. The molecule has 1 unspecified atom stereocenters. The zero-order chi connectivity index (χ0) is 17.2. The SMILES string of the molecule is Cc1ccc(C(CNC(=O)[C@@]23CCCC[C@H]2CNC3)N(C)C)cc1. The van der Waals surface area contributed by atoms with Crippen molar-refractivity contribution in [3.8, 4) is 0 Å². The number of amides is 1. The van der Waals surface area contributed by atoms with Gasteiger partial charge in [-0.05, 0) is 51.9 Å². The molecule has 132 valence electrons. The van der Waals surface area contributed by atoms with Crippen LogP contribution in [0.3, 0.4) is 0 Å². The highest BCUT2D eigenvalue weighted by Crippen LogP contribution is 2.43. The summed E-state index contributed by atoms with van der Waals surface area (Å²) in [5.41, 5.74) is 2.36. The number of hydrogen-bond donors (Lipinski definition) is 2. The normalized spacial score (nSPS) is 27.8. The van der Waals surface area contributed by atoms with Gasteiger partial charge < -0.3 is 15.5 Å². The molecule has 1 aliphatic heterocycles. The van der Waals surface area contributed by atoms with Gasteiger partial charge in [0.05, 0.1) is 11.5 Å². The zero-order valence-corrected chi connectivity index (χ0v) is 15.3. The molecule has 1 heterocycles. The van der Waals surface area contributed by atoms with Crippen LogP contribution in [0.4, 0.5) is 0 Å². The number of carbonyl (C=O) groups excluding carboxylic acids is 1. The summed E-state index contributed by atoms with van der Waals surface area (Å²) in [6.07, 6.45) is 4.68. The number of nitrogens with one attached hydrogen (secondary N) is 2. The number of aryl methyl sites for hydroxylation is 1. The molecule has 0 bridgehead atoms. The standard InChI is InChI=1S/C20H31N3O/c1-15-7-9-16(10-8-15)18(23(2)3)13-22-19(24)20-11-5-4-6-17(20)12-21-14-20/h7-10,17-18,21H,4-6,11-14H2,1-3H3,(H,22,24)/t17-,18?,20+/m0/s1. The molecule has 2 N–H and O–H groups in total. The van der Waals surface area contributed by atoms with Crippen LogP contribution in [0.25, 0.3) is 0 Å². The highest BCUT2D eigenvalue weighted by atomic mass is 16.2. The molecule has 1 aromatic carbocycles. The molecule has 1 amide bonds. The van der Waals surface area contributed by atoms with E-state index in [1.54, 1.807) is 0 Å². The largest absolute Gasteiger partial charge is 0.354 e. The molecule has 1 saturated heterocycles. The highest BCUT2D eigenvalue weighted by Gasteiger charge is 2.49. The first-order valence-corrected chi connectivity index (χ1v) is 9.25. The van der Waals surface area contributed by atoms with Crippen LogP contribution in [-0.4, -0.2) is 44.5 Å². The van der Waals surface area contributed by atoms with E-state index in [4.69, 9.17) is 0 Å². The molecular formula is C20H31N3O. The number of carbonyl (C=O) groups is 1. The summed E-state index contributed by atoms with van der Waals surface area (Å²) in [5.74, 6) is 0.777. The predicted octanol–water partition coefficient (Wildman–Crippen LogP) is 2.49. The van der Waals surface area contributed by atoms with Crippen molar-refractivity contribution >= 4 is 5.91 Å². The van der Waals surface area contributed by atoms with Gasteiger partial charge in [-0.15, -0.1) is 0 Å². The van der Waals surface area contributed by atoms with Crippen molar-refractivity contribution in [1.82, 2.24) is 15.5 Å². The third-order valence-electron chi connectivity index (χ3n) is 6.03. The van der Waals surface area contributed by atoms with E-state index in [9.17, 15) is 4.79 Å². The number of fused-ring (bicyclic) bond motifs is 1. The van der Waals surface area contributed by atoms with Crippen molar-refractivity contribution in [2.24, 2.45) is 11.3 Å². The van der Waals surface area contributed by atoms with E-state index in [0.717, 1.165) is 19.5 Å². The van der Waals surface area contributed by atoms with E-state index in [1.807, 2.05) is 0 Å². The third kappa shape index (κ3) is 3.35. The van der Waals surface area contributed by atoms with Gasteiger partial charge in [0.25, 0.3) is 0 Å². The predicted molar refractivity (Wildman–Crippen MR) is 97.9 cm³/mol. The van der Waals surface area contributed by atoms with Gasteiger partial charge in [0.1, 0.15) is 0 Å². The minimum atomic E-state index is -0.164. The zero-order valence-electron chi connectivity index (χ0n) is 15.3. The van der Waals surface area contributed by atoms with Crippen LogP contribution >= 0.6 is 0 Å². The molecule has 3 rings (SSSR count). The smallest absolute Gasteiger partial charge is 0.227 e. The molecule has 0 spiro atoms. The number of hydrogen-bond acceptors (Lipinski definition) is 3. The topological polar surface area (TPSA) is 44.4 Å². The minimum absolute atomic E-state index is 0.164. The molecule has 4 nitrogen and oxygen atoms in total. The maximum atomic E-state index is 13.0. The average molecular weight is 329 g/mol. The summed E-state index contributed by atoms with van der Waals surface area (Å²) < 4.78 is 0. The molecule has 2 aliphatic rings. The molecule has 3 atom stereocenters.